The highest BCUT2D eigenvalue weighted by Gasteiger charge is 2.32. The first-order valence-corrected chi connectivity index (χ1v) is 10.5. The van der Waals surface area contributed by atoms with Crippen molar-refractivity contribution in [2.24, 2.45) is 5.73 Å². The Balaban J connectivity index is 1.80. The third-order valence-electron chi connectivity index (χ3n) is 5.19. The lowest BCUT2D eigenvalue weighted by molar-refractivity contribution is -0.138. The van der Waals surface area contributed by atoms with Gasteiger partial charge in [0.15, 0.2) is 17.2 Å². The second-order valence-electron chi connectivity index (χ2n) is 8.17. The molecule has 0 aromatic carbocycles. The summed E-state index contributed by atoms with van der Waals surface area (Å²) in [6, 6.07) is 4.21. The molecule has 3 aromatic rings. The Labute approximate surface area is 192 Å². The van der Waals surface area contributed by atoms with E-state index in [0.29, 0.717) is 11.3 Å². The number of alkyl halides is 3. The molecule has 2 N–H and O–H groups in total. The number of rotatable bonds is 9. The van der Waals surface area contributed by atoms with Crippen molar-refractivity contribution in [2.45, 2.75) is 57.9 Å². The fraction of sp³-hybridized carbons (Fsp3) is 0.409. The zero-order chi connectivity index (χ0) is 24.4. The second-order valence-corrected chi connectivity index (χ2v) is 8.61. The molecule has 178 valence electrons. The van der Waals surface area contributed by atoms with Gasteiger partial charge in [0.25, 0.3) is 0 Å². The van der Waals surface area contributed by atoms with Crippen LogP contribution in [-0.2, 0) is 6.61 Å². The van der Waals surface area contributed by atoms with E-state index >= 15 is 0 Å². The Morgan fingerprint density at radius 1 is 1.27 bits per heavy atom. The van der Waals surface area contributed by atoms with Gasteiger partial charge in [-0.25, -0.2) is 9.37 Å². The standard InChI is InChI=1S/C22H23ClF4N4O2/c1-13-19(17(32)5-6-21(2,28)7-8-22(25,26)27)31-11-14(23)10-18(20(31)30-13)33-12-16-15(24)4-3-9-29-16/h3-4,9-11H,5-8,12,28H2,1-2H3. The number of aromatic nitrogens is 3. The number of ketones is 1. The third-order valence-corrected chi connectivity index (χ3v) is 5.40. The lowest BCUT2D eigenvalue weighted by atomic mass is 9.90. The second kappa shape index (κ2) is 9.64. The predicted octanol–water partition coefficient (Wildman–Crippen LogP) is 5.43. The molecule has 0 spiro atoms. The van der Waals surface area contributed by atoms with Gasteiger partial charge in [-0.15, -0.1) is 0 Å². The van der Waals surface area contributed by atoms with Crippen LogP contribution in [0.15, 0.2) is 30.6 Å². The number of Topliss-reactive ketones (excluding diaryl/α,β-unsaturated/α-hetero) is 1. The van der Waals surface area contributed by atoms with E-state index in [2.05, 4.69) is 9.97 Å². The SMILES string of the molecule is Cc1nc2c(OCc3ncccc3F)cc(Cl)cn2c1C(=O)CCC(C)(N)CCC(F)(F)F. The van der Waals surface area contributed by atoms with Crippen molar-refractivity contribution in [3.05, 3.63) is 58.5 Å². The number of hydrogen-bond acceptors (Lipinski definition) is 5. The van der Waals surface area contributed by atoms with Crippen LogP contribution in [0.25, 0.3) is 5.65 Å². The monoisotopic (exact) mass is 486 g/mol. The number of fused-ring (bicyclic) bond motifs is 1. The lowest BCUT2D eigenvalue weighted by Gasteiger charge is -2.24. The first kappa shape index (κ1) is 24.9. The molecule has 1 unspecified atom stereocenters. The molecule has 0 aliphatic heterocycles. The summed E-state index contributed by atoms with van der Waals surface area (Å²) in [5, 5.41) is 0.249. The maximum atomic E-state index is 13.9. The summed E-state index contributed by atoms with van der Waals surface area (Å²) in [5.41, 5.74) is 5.84. The Hall–Kier alpha value is -2.72. The summed E-state index contributed by atoms with van der Waals surface area (Å²) in [5.74, 6) is -0.641. The maximum absolute atomic E-state index is 13.9. The van der Waals surface area contributed by atoms with Crippen LogP contribution in [0, 0.1) is 12.7 Å². The van der Waals surface area contributed by atoms with Crippen molar-refractivity contribution in [3.8, 4) is 5.75 Å². The summed E-state index contributed by atoms with van der Waals surface area (Å²) >= 11 is 6.20. The zero-order valence-electron chi connectivity index (χ0n) is 18.0. The van der Waals surface area contributed by atoms with Crippen LogP contribution in [0.5, 0.6) is 5.75 Å². The van der Waals surface area contributed by atoms with Gasteiger partial charge in [-0.2, -0.15) is 13.2 Å². The first-order valence-electron chi connectivity index (χ1n) is 10.2. The fourth-order valence-electron chi connectivity index (χ4n) is 3.38. The van der Waals surface area contributed by atoms with E-state index in [4.69, 9.17) is 22.1 Å². The van der Waals surface area contributed by atoms with E-state index in [0.717, 1.165) is 0 Å². The van der Waals surface area contributed by atoms with Crippen LogP contribution in [0.4, 0.5) is 17.6 Å². The summed E-state index contributed by atoms with van der Waals surface area (Å²) in [4.78, 5) is 21.3. The number of nitrogens with two attached hydrogens (primary N) is 1. The largest absolute Gasteiger partial charge is 0.483 e. The van der Waals surface area contributed by atoms with Gasteiger partial charge in [-0.05, 0) is 38.8 Å². The van der Waals surface area contributed by atoms with E-state index in [1.807, 2.05) is 0 Å². The predicted molar refractivity (Wildman–Crippen MR) is 115 cm³/mol. The minimum Gasteiger partial charge on any atom is -0.483 e. The minimum absolute atomic E-state index is 0.0669. The molecule has 6 nitrogen and oxygen atoms in total. The molecule has 0 saturated carbocycles. The molecular weight excluding hydrogens is 464 g/mol. The van der Waals surface area contributed by atoms with Crippen molar-refractivity contribution >= 4 is 23.0 Å². The van der Waals surface area contributed by atoms with Crippen LogP contribution < -0.4 is 10.5 Å². The molecule has 0 aliphatic carbocycles. The molecule has 1 atom stereocenters. The topological polar surface area (TPSA) is 82.5 Å². The quantitative estimate of drug-likeness (QED) is 0.322. The van der Waals surface area contributed by atoms with Gasteiger partial charge in [0, 0.05) is 36.8 Å². The average Bonchev–Trinajstić information content (AvgIpc) is 3.05. The number of aryl methyl sites for hydroxylation is 1. The van der Waals surface area contributed by atoms with Gasteiger partial charge in [0.1, 0.15) is 23.8 Å². The molecule has 3 rings (SSSR count). The number of ether oxygens (including phenoxy) is 1. The van der Waals surface area contributed by atoms with E-state index in [-0.39, 0.29) is 53.8 Å². The van der Waals surface area contributed by atoms with E-state index in [1.165, 1.54) is 41.9 Å². The van der Waals surface area contributed by atoms with Gasteiger partial charge in [0.2, 0.25) is 0 Å². The van der Waals surface area contributed by atoms with Crippen molar-refractivity contribution in [2.75, 3.05) is 0 Å². The molecule has 0 bridgehead atoms. The Bertz CT molecular complexity index is 1160. The summed E-state index contributed by atoms with van der Waals surface area (Å²) in [7, 11) is 0. The lowest BCUT2D eigenvalue weighted by Crippen LogP contribution is -2.38. The van der Waals surface area contributed by atoms with Crippen LogP contribution in [0.3, 0.4) is 0 Å². The number of carbonyl (C=O) groups excluding carboxylic acids is 1. The first-order chi connectivity index (χ1) is 15.4. The van der Waals surface area contributed by atoms with Crippen LogP contribution in [0.1, 0.15) is 54.5 Å². The van der Waals surface area contributed by atoms with Gasteiger partial charge in [-0.3, -0.25) is 14.2 Å². The van der Waals surface area contributed by atoms with Crippen molar-refractivity contribution < 1.29 is 27.1 Å². The van der Waals surface area contributed by atoms with E-state index in [9.17, 15) is 22.4 Å². The Kier molecular flexibility index (Phi) is 7.28. The molecule has 0 saturated heterocycles. The third kappa shape index (κ3) is 6.42. The molecule has 3 aromatic heterocycles. The number of pyridine rings is 2. The highest BCUT2D eigenvalue weighted by atomic mass is 35.5. The summed E-state index contributed by atoms with van der Waals surface area (Å²) in [6.07, 6.45) is -2.69. The molecule has 0 amide bonds. The number of hydrogen-bond donors (Lipinski definition) is 1. The molecule has 33 heavy (non-hydrogen) atoms. The maximum Gasteiger partial charge on any atom is 0.389 e. The van der Waals surface area contributed by atoms with Crippen molar-refractivity contribution in [1.29, 1.82) is 0 Å². The van der Waals surface area contributed by atoms with Gasteiger partial charge in [-0.1, -0.05) is 11.6 Å². The zero-order valence-corrected chi connectivity index (χ0v) is 18.8. The molecule has 3 heterocycles. The highest BCUT2D eigenvalue weighted by molar-refractivity contribution is 6.30. The van der Waals surface area contributed by atoms with Crippen LogP contribution >= 0.6 is 11.6 Å². The molecule has 0 aliphatic rings. The van der Waals surface area contributed by atoms with Gasteiger partial charge >= 0.3 is 6.18 Å². The summed E-state index contributed by atoms with van der Waals surface area (Å²) < 4.78 is 58.6. The molecule has 11 heteroatoms. The Morgan fingerprint density at radius 2 is 2.00 bits per heavy atom. The Morgan fingerprint density at radius 3 is 2.67 bits per heavy atom. The molecule has 0 radical (unpaired) electrons. The number of imidazole rings is 1. The van der Waals surface area contributed by atoms with Gasteiger partial charge < -0.3 is 10.5 Å². The van der Waals surface area contributed by atoms with Crippen molar-refractivity contribution in [1.82, 2.24) is 14.4 Å². The highest BCUT2D eigenvalue weighted by Crippen LogP contribution is 2.30. The normalized spacial score (nSPS) is 13.8. The van der Waals surface area contributed by atoms with E-state index < -0.39 is 24.0 Å². The minimum atomic E-state index is -4.31. The summed E-state index contributed by atoms with van der Waals surface area (Å²) in [6.45, 7) is 2.94. The van der Waals surface area contributed by atoms with Crippen molar-refractivity contribution in [3.63, 3.8) is 0 Å². The molecule has 0 fully saturated rings. The molecular formula is C22H23ClF4N4O2. The number of nitrogens with zero attached hydrogens (tertiary/aromatic N) is 3. The number of carbonyl (C=O) groups is 1. The van der Waals surface area contributed by atoms with Gasteiger partial charge in [0.05, 0.1) is 10.7 Å². The fourth-order valence-corrected chi connectivity index (χ4v) is 3.58. The van der Waals surface area contributed by atoms with Crippen LogP contribution in [-0.4, -0.2) is 31.9 Å². The average molecular weight is 487 g/mol. The number of halogens is 5. The van der Waals surface area contributed by atoms with Crippen LogP contribution in [0.2, 0.25) is 5.02 Å². The van der Waals surface area contributed by atoms with E-state index in [1.54, 1.807) is 6.92 Å². The smallest absolute Gasteiger partial charge is 0.389 e.